The summed E-state index contributed by atoms with van der Waals surface area (Å²) in [5.41, 5.74) is 4.49. The van der Waals surface area contributed by atoms with E-state index >= 15 is 0 Å². The first-order valence-corrected chi connectivity index (χ1v) is 12.0. The van der Waals surface area contributed by atoms with Crippen LogP contribution in [0, 0.1) is 20.8 Å². The minimum atomic E-state index is -0.863. The van der Waals surface area contributed by atoms with Gasteiger partial charge in [0.25, 0.3) is 5.91 Å². The van der Waals surface area contributed by atoms with Crippen LogP contribution >= 0.6 is 11.3 Å². The van der Waals surface area contributed by atoms with Crippen molar-refractivity contribution in [2.24, 2.45) is 0 Å². The summed E-state index contributed by atoms with van der Waals surface area (Å²) in [7, 11) is 0. The number of aromatic nitrogens is 2. The summed E-state index contributed by atoms with van der Waals surface area (Å²) < 4.78 is 0. The highest BCUT2D eigenvalue weighted by molar-refractivity contribution is 7.17. The number of Topliss-reactive ketones (excluding diaryl/α,β-unsaturated/α-hetero) is 1. The molecule has 5 rings (SSSR count). The largest absolute Gasteiger partial charge is 0.503 e. The topological polar surface area (TPSA) is 83.4 Å². The van der Waals surface area contributed by atoms with Crippen molar-refractivity contribution in [3.8, 4) is 10.6 Å². The van der Waals surface area contributed by atoms with Gasteiger partial charge in [-0.3, -0.25) is 19.5 Å². The summed E-state index contributed by atoms with van der Waals surface area (Å²) >= 11 is 1.25. The van der Waals surface area contributed by atoms with Gasteiger partial charge in [0.05, 0.1) is 21.8 Å². The predicted octanol–water partition coefficient (Wildman–Crippen LogP) is 5.91. The van der Waals surface area contributed by atoms with Gasteiger partial charge >= 0.3 is 0 Å². The van der Waals surface area contributed by atoms with E-state index in [2.05, 4.69) is 9.97 Å². The molecule has 0 fully saturated rings. The van der Waals surface area contributed by atoms with Crippen LogP contribution in [-0.4, -0.2) is 26.8 Å². The van der Waals surface area contributed by atoms with E-state index in [1.807, 2.05) is 62.4 Å². The van der Waals surface area contributed by atoms with E-state index in [9.17, 15) is 14.7 Å². The molecule has 1 unspecified atom stereocenters. The van der Waals surface area contributed by atoms with Gasteiger partial charge in [0.2, 0.25) is 5.78 Å². The maximum absolute atomic E-state index is 13.9. The number of aliphatic hydroxyl groups is 1. The zero-order chi connectivity index (χ0) is 24.7. The Morgan fingerprint density at radius 3 is 2.43 bits per heavy atom. The molecule has 7 heteroatoms. The first-order chi connectivity index (χ1) is 16.9. The number of anilines is 1. The summed E-state index contributed by atoms with van der Waals surface area (Å²) in [6.07, 6.45) is 1.62. The highest BCUT2D eigenvalue weighted by atomic mass is 32.1. The van der Waals surface area contributed by atoms with Crippen LogP contribution in [0.4, 0.5) is 5.69 Å². The average Bonchev–Trinajstić information content (AvgIpc) is 3.39. The minimum absolute atomic E-state index is 0.0148. The van der Waals surface area contributed by atoms with E-state index in [4.69, 9.17) is 0 Å². The number of carbonyl (C=O) groups is 2. The third-order valence-corrected chi connectivity index (χ3v) is 7.49. The van der Waals surface area contributed by atoms with E-state index in [1.54, 1.807) is 31.3 Å². The fourth-order valence-electron chi connectivity index (χ4n) is 4.33. The average molecular weight is 482 g/mol. The van der Waals surface area contributed by atoms with Gasteiger partial charge in [0.15, 0.2) is 5.76 Å². The van der Waals surface area contributed by atoms with E-state index in [1.165, 1.54) is 16.2 Å². The molecule has 1 amide bonds. The molecule has 2 aromatic carbocycles. The lowest BCUT2D eigenvalue weighted by atomic mass is 9.97. The van der Waals surface area contributed by atoms with Crippen LogP contribution in [0.2, 0.25) is 0 Å². The molecular weight excluding hydrogens is 458 g/mol. The molecule has 0 saturated carbocycles. The number of aliphatic hydroxyl groups excluding tert-OH is 1. The van der Waals surface area contributed by atoms with Crippen LogP contribution in [0.3, 0.4) is 0 Å². The number of aryl methyl sites for hydroxylation is 2. The van der Waals surface area contributed by atoms with Crippen LogP contribution in [0.15, 0.2) is 84.3 Å². The lowest BCUT2D eigenvalue weighted by Crippen LogP contribution is -2.32. The van der Waals surface area contributed by atoms with Gasteiger partial charge in [0, 0.05) is 17.4 Å². The molecule has 0 bridgehead atoms. The maximum atomic E-state index is 13.9. The molecule has 1 atom stereocenters. The minimum Gasteiger partial charge on any atom is -0.503 e. The number of rotatable bonds is 5. The van der Waals surface area contributed by atoms with Gasteiger partial charge in [-0.25, -0.2) is 4.98 Å². The van der Waals surface area contributed by atoms with Crippen molar-refractivity contribution < 1.29 is 14.7 Å². The van der Waals surface area contributed by atoms with E-state index in [-0.39, 0.29) is 5.57 Å². The second-order valence-electron chi connectivity index (χ2n) is 8.44. The summed E-state index contributed by atoms with van der Waals surface area (Å²) in [5, 5.41) is 11.8. The molecule has 0 aliphatic carbocycles. The Kier molecular flexibility index (Phi) is 5.78. The van der Waals surface area contributed by atoms with Crippen LogP contribution in [-0.2, 0) is 4.79 Å². The molecule has 1 aliphatic heterocycles. The molecule has 1 N–H and O–H groups in total. The molecule has 0 spiro atoms. The third kappa shape index (κ3) is 3.84. The van der Waals surface area contributed by atoms with Gasteiger partial charge < -0.3 is 5.11 Å². The smallest absolute Gasteiger partial charge is 0.294 e. The second kappa shape index (κ2) is 8.92. The molecule has 3 heterocycles. The van der Waals surface area contributed by atoms with Crippen molar-refractivity contribution in [1.29, 1.82) is 0 Å². The van der Waals surface area contributed by atoms with Crippen molar-refractivity contribution in [3.63, 3.8) is 0 Å². The number of nitrogens with zero attached hydrogens (tertiary/aromatic N) is 3. The van der Waals surface area contributed by atoms with Crippen LogP contribution in [0.25, 0.3) is 10.6 Å². The monoisotopic (exact) mass is 481 g/mol. The number of hydrogen-bond donors (Lipinski definition) is 1. The van der Waals surface area contributed by atoms with E-state index < -0.39 is 23.5 Å². The quantitative estimate of drug-likeness (QED) is 0.358. The zero-order valence-electron chi connectivity index (χ0n) is 19.5. The van der Waals surface area contributed by atoms with Crippen molar-refractivity contribution in [3.05, 3.63) is 112 Å². The fourth-order valence-corrected chi connectivity index (χ4v) is 5.36. The number of carbonyl (C=O) groups excluding carboxylic acids is 2. The van der Waals surface area contributed by atoms with Crippen molar-refractivity contribution in [2.45, 2.75) is 26.8 Å². The molecule has 35 heavy (non-hydrogen) atoms. The van der Waals surface area contributed by atoms with Crippen molar-refractivity contribution in [2.75, 3.05) is 4.90 Å². The first kappa shape index (κ1) is 22.7. The summed E-state index contributed by atoms with van der Waals surface area (Å²) in [6, 6.07) is 19.7. The Morgan fingerprint density at radius 2 is 1.71 bits per heavy atom. The lowest BCUT2D eigenvalue weighted by molar-refractivity contribution is -0.117. The number of pyridine rings is 1. The second-order valence-corrected chi connectivity index (χ2v) is 9.44. The molecule has 2 aromatic heterocycles. The Hall–Kier alpha value is -4.10. The summed E-state index contributed by atoms with van der Waals surface area (Å²) in [4.78, 5) is 38.3. The third-order valence-electron chi connectivity index (χ3n) is 6.28. The number of ketones is 1. The van der Waals surface area contributed by atoms with Gasteiger partial charge in [-0.05, 0) is 50.1 Å². The number of benzene rings is 2. The van der Waals surface area contributed by atoms with Gasteiger partial charge in [0.1, 0.15) is 11.0 Å². The van der Waals surface area contributed by atoms with Crippen molar-refractivity contribution in [1.82, 2.24) is 9.97 Å². The molecular formula is C28H23N3O3S. The van der Waals surface area contributed by atoms with Crippen LogP contribution < -0.4 is 4.90 Å². The molecule has 1 aliphatic rings. The van der Waals surface area contributed by atoms with Crippen molar-refractivity contribution >= 4 is 28.7 Å². The molecule has 0 saturated heterocycles. The molecule has 174 valence electrons. The van der Waals surface area contributed by atoms with Crippen LogP contribution in [0.1, 0.15) is 38.2 Å². The highest BCUT2D eigenvalue weighted by Crippen LogP contribution is 2.43. The summed E-state index contributed by atoms with van der Waals surface area (Å²) in [5.74, 6) is -1.60. The normalized spacial score (nSPS) is 15.7. The zero-order valence-corrected chi connectivity index (χ0v) is 20.3. The predicted molar refractivity (Wildman–Crippen MR) is 137 cm³/mol. The lowest BCUT2D eigenvalue weighted by Gasteiger charge is -2.28. The van der Waals surface area contributed by atoms with Gasteiger partial charge in [-0.2, -0.15) is 0 Å². The Labute approximate surface area is 207 Å². The standard InChI is InChI=1S/C28H23N3O3S/c1-16-10-9-14-21(17(16)2)31-23(20-13-7-8-15-29-20)22(25(33)28(31)34)24(32)26-18(3)30-27(35-26)19-11-5-4-6-12-19/h4-15,23,33H,1-3H3. The Balaban J connectivity index is 1.65. The van der Waals surface area contributed by atoms with Gasteiger partial charge in [-0.1, -0.05) is 48.5 Å². The van der Waals surface area contributed by atoms with Crippen LogP contribution in [0.5, 0.6) is 0 Å². The first-order valence-electron chi connectivity index (χ1n) is 11.2. The molecule has 0 radical (unpaired) electrons. The Bertz CT molecular complexity index is 1480. The van der Waals surface area contributed by atoms with E-state index in [0.29, 0.717) is 27.0 Å². The van der Waals surface area contributed by atoms with E-state index in [0.717, 1.165) is 16.7 Å². The highest BCUT2D eigenvalue weighted by Gasteiger charge is 2.46. The number of hydrogen-bond acceptors (Lipinski definition) is 6. The number of thiazole rings is 1. The SMILES string of the molecule is Cc1cccc(N2C(=O)C(O)=C(C(=O)c3sc(-c4ccccc4)nc3C)C2c2ccccn2)c1C. The molecule has 6 nitrogen and oxygen atoms in total. The summed E-state index contributed by atoms with van der Waals surface area (Å²) in [6.45, 7) is 5.65. The fraction of sp³-hybridized carbons (Fsp3) is 0.143. The number of amides is 1. The Morgan fingerprint density at radius 1 is 0.971 bits per heavy atom. The maximum Gasteiger partial charge on any atom is 0.294 e. The van der Waals surface area contributed by atoms with Gasteiger partial charge in [-0.15, -0.1) is 11.3 Å². The molecule has 4 aromatic rings.